The second-order valence-electron chi connectivity index (χ2n) is 1.32. The van der Waals surface area contributed by atoms with Crippen molar-refractivity contribution in [1.82, 2.24) is 0 Å². The van der Waals surface area contributed by atoms with E-state index < -0.39 is 6.10 Å². The maximum absolute atomic E-state index is 8.60. The Morgan fingerprint density at radius 2 is 2.71 bits per heavy atom. The van der Waals surface area contributed by atoms with Gasteiger partial charge in [-0.15, -0.1) is 0 Å². The van der Waals surface area contributed by atoms with Crippen LogP contribution < -0.4 is 0 Å². The predicted octanol–water partition coefficient (Wildman–Crippen LogP) is 1.11. The lowest BCUT2D eigenvalue weighted by Gasteiger charge is -1.87. The molecule has 0 bridgehead atoms. The molecule has 0 spiro atoms. The van der Waals surface area contributed by atoms with E-state index in [0.717, 1.165) is 0 Å². The minimum absolute atomic E-state index is 0.411. The van der Waals surface area contributed by atoms with Crippen molar-refractivity contribution < 1.29 is 6.48 Å². The van der Waals surface area contributed by atoms with Gasteiger partial charge in [-0.1, -0.05) is 24.8 Å². The first-order valence-corrected chi connectivity index (χ1v) is 2.17. The number of aliphatic hydroxyl groups excluding tert-OH is 1. The van der Waals surface area contributed by atoms with Crippen molar-refractivity contribution in [3.63, 3.8) is 0 Å². The Bertz CT molecular complexity index is 94.7. The largest absolute Gasteiger partial charge is 0.389 e. The van der Waals surface area contributed by atoms with Gasteiger partial charge >= 0.3 is 0 Å². The van der Waals surface area contributed by atoms with Gasteiger partial charge in [0.25, 0.3) is 0 Å². The van der Waals surface area contributed by atoms with Crippen LogP contribution in [0, 0.1) is 0 Å². The van der Waals surface area contributed by atoms with Gasteiger partial charge in [-0.05, 0) is 6.92 Å². The van der Waals surface area contributed by atoms with Gasteiger partial charge in [0.15, 0.2) is 0 Å². The van der Waals surface area contributed by atoms with E-state index in [-0.39, 0.29) is 0 Å². The maximum atomic E-state index is 8.60. The van der Waals surface area contributed by atoms with Gasteiger partial charge in [0.05, 0.1) is 7.47 Å². The first-order valence-electron chi connectivity index (χ1n) is 2.75. The van der Waals surface area contributed by atoms with Crippen LogP contribution in [-0.2, 0) is 0 Å². The summed E-state index contributed by atoms with van der Waals surface area (Å²) in [5, 5.41) is 8.60. The molecule has 0 radical (unpaired) electrons. The summed E-state index contributed by atoms with van der Waals surface area (Å²) in [6.07, 6.45) is 4.38. The van der Waals surface area contributed by atoms with E-state index in [1.165, 1.54) is 6.55 Å². The minimum atomic E-state index is -0.411. The lowest BCUT2D eigenvalue weighted by Crippen LogP contribution is -1.90. The van der Waals surface area contributed by atoms with Crippen molar-refractivity contribution in [3.05, 3.63) is 24.8 Å². The van der Waals surface area contributed by atoms with E-state index in [0.29, 0.717) is 0 Å². The van der Waals surface area contributed by atoms with E-state index in [1.807, 2.05) is 0 Å². The molecule has 0 heterocycles. The molecule has 0 aromatic carbocycles. The standard InChI is InChI=1S/C6H10O/c1-3-4-5-6(2)7/h3-7H,1H2,2H3/b5-4+/i1D/b3-1?,5-4+. The molecule has 7 heavy (non-hydrogen) atoms. The van der Waals surface area contributed by atoms with Gasteiger partial charge in [-0.25, -0.2) is 0 Å². The normalized spacial score (nSPS) is 18.3. The third-order valence-corrected chi connectivity index (χ3v) is 0.501. The van der Waals surface area contributed by atoms with Crippen molar-refractivity contribution in [1.29, 1.82) is 0 Å². The first kappa shape index (κ1) is 4.60. The van der Waals surface area contributed by atoms with Crippen molar-refractivity contribution >= 4 is 0 Å². The number of rotatable bonds is 2. The van der Waals surface area contributed by atoms with Crippen LogP contribution in [0.25, 0.3) is 0 Å². The Kier molecular flexibility index (Phi) is 2.38. The zero-order valence-electron chi connectivity index (χ0n) is 5.33. The molecule has 0 amide bonds. The summed E-state index contributed by atoms with van der Waals surface area (Å²) in [6.45, 7) is 2.83. The molecule has 1 atom stereocenters. The maximum Gasteiger partial charge on any atom is 0.0695 e. The van der Waals surface area contributed by atoms with Gasteiger partial charge in [0.2, 0.25) is 0 Å². The van der Waals surface area contributed by atoms with Gasteiger partial charge in [-0.2, -0.15) is 0 Å². The first-order chi connectivity index (χ1) is 3.77. The highest BCUT2D eigenvalue weighted by molar-refractivity contribution is 4.99. The third kappa shape index (κ3) is 5.44. The van der Waals surface area contributed by atoms with Crippen LogP contribution in [0.4, 0.5) is 0 Å². The lowest BCUT2D eigenvalue weighted by molar-refractivity contribution is 0.244. The van der Waals surface area contributed by atoms with Gasteiger partial charge in [0.1, 0.15) is 0 Å². The Morgan fingerprint density at radius 1 is 2.00 bits per heavy atom. The molecule has 0 saturated carbocycles. The molecule has 1 nitrogen and oxygen atoms in total. The smallest absolute Gasteiger partial charge is 0.0695 e. The average molecular weight is 99.2 g/mol. The van der Waals surface area contributed by atoms with Crippen LogP contribution in [0.2, 0.25) is 0 Å². The van der Waals surface area contributed by atoms with Crippen LogP contribution in [0.1, 0.15) is 8.29 Å². The van der Waals surface area contributed by atoms with E-state index in [4.69, 9.17) is 6.48 Å². The van der Waals surface area contributed by atoms with E-state index >= 15 is 0 Å². The summed E-state index contributed by atoms with van der Waals surface area (Å²) in [7, 11) is 0. The third-order valence-electron chi connectivity index (χ3n) is 0.501. The molecule has 0 aromatic rings. The Morgan fingerprint density at radius 3 is 3.14 bits per heavy atom. The predicted molar refractivity (Wildman–Crippen MR) is 31.0 cm³/mol. The molecule has 0 aliphatic heterocycles. The molecule has 0 aliphatic carbocycles. The molecule has 1 heteroatoms. The van der Waals surface area contributed by atoms with E-state index in [1.54, 1.807) is 25.2 Å². The Hall–Kier alpha value is -0.560. The average Bonchev–Trinajstić information content (AvgIpc) is 1.66. The number of allylic oxidation sites excluding steroid dienone is 2. The van der Waals surface area contributed by atoms with Crippen molar-refractivity contribution in [3.8, 4) is 0 Å². The number of aliphatic hydroxyl groups is 1. The number of hydrogen-bond donors (Lipinski definition) is 1. The molecule has 0 aliphatic rings. The molecule has 1 unspecified atom stereocenters. The zero-order valence-corrected chi connectivity index (χ0v) is 4.33. The fourth-order valence-corrected chi connectivity index (χ4v) is 0.225. The van der Waals surface area contributed by atoms with Crippen LogP contribution in [0.3, 0.4) is 0 Å². The van der Waals surface area contributed by atoms with Crippen LogP contribution in [0.15, 0.2) is 24.8 Å². The Labute approximate surface area is 45.4 Å². The van der Waals surface area contributed by atoms with Crippen LogP contribution >= 0.6 is 0 Å². The van der Waals surface area contributed by atoms with Gasteiger partial charge in [0, 0.05) is 0 Å². The Balaban J connectivity index is 3.34. The molecule has 0 aromatic heterocycles. The lowest BCUT2D eigenvalue weighted by atomic mass is 10.3. The second-order valence-corrected chi connectivity index (χ2v) is 1.32. The molecule has 40 valence electrons. The monoisotopic (exact) mass is 99.1 g/mol. The summed E-state index contributed by atoms with van der Waals surface area (Å²) in [5.74, 6) is 0. The van der Waals surface area contributed by atoms with E-state index in [9.17, 15) is 0 Å². The fourth-order valence-electron chi connectivity index (χ4n) is 0.225. The summed E-state index contributed by atoms with van der Waals surface area (Å²) in [6, 6.07) is 0. The highest BCUT2D eigenvalue weighted by Crippen LogP contribution is 1.80. The topological polar surface area (TPSA) is 20.2 Å². The zero-order chi connectivity index (χ0) is 6.41. The fraction of sp³-hybridized carbons (Fsp3) is 0.333. The van der Waals surface area contributed by atoms with Gasteiger partial charge in [-0.3, -0.25) is 0 Å². The number of hydrogen-bond acceptors (Lipinski definition) is 1. The molecule has 1 N–H and O–H groups in total. The highest BCUT2D eigenvalue weighted by atomic mass is 16.3. The van der Waals surface area contributed by atoms with Crippen molar-refractivity contribution in [2.75, 3.05) is 0 Å². The SMILES string of the molecule is [2H]C=C/C=C/C(C)O. The summed E-state index contributed by atoms with van der Waals surface area (Å²) >= 11 is 0. The summed E-state index contributed by atoms with van der Waals surface area (Å²) in [5.41, 5.74) is 0. The quantitative estimate of drug-likeness (QED) is 0.514. The van der Waals surface area contributed by atoms with Crippen molar-refractivity contribution in [2.45, 2.75) is 13.0 Å². The van der Waals surface area contributed by atoms with Crippen molar-refractivity contribution in [2.24, 2.45) is 0 Å². The van der Waals surface area contributed by atoms with Crippen LogP contribution in [-0.4, -0.2) is 11.2 Å². The molecular weight excluding hydrogens is 88.1 g/mol. The van der Waals surface area contributed by atoms with Crippen LogP contribution in [0.5, 0.6) is 0 Å². The molecule has 0 rings (SSSR count). The molecule has 0 saturated heterocycles. The minimum Gasteiger partial charge on any atom is -0.389 e. The van der Waals surface area contributed by atoms with E-state index in [2.05, 4.69) is 0 Å². The molecular formula is C6H10O. The summed E-state index contributed by atoms with van der Waals surface area (Å²) in [4.78, 5) is 0. The summed E-state index contributed by atoms with van der Waals surface area (Å²) < 4.78 is 6.53. The molecule has 0 fully saturated rings. The van der Waals surface area contributed by atoms with Gasteiger partial charge < -0.3 is 5.11 Å². The second kappa shape index (κ2) is 3.62. The highest BCUT2D eigenvalue weighted by Gasteiger charge is 1.78.